The zero-order valence-corrected chi connectivity index (χ0v) is 7.29. The molecule has 0 radical (unpaired) electrons. The van der Waals surface area contributed by atoms with Crippen LogP contribution in [0.25, 0.3) is 0 Å². The van der Waals surface area contributed by atoms with Crippen LogP contribution in [0.4, 0.5) is 0 Å². The van der Waals surface area contributed by atoms with E-state index in [1.165, 1.54) is 4.31 Å². The first-order valence-corrected chi connectivity index (χ1v) is 5.20. The fraction of sp³-hybridized carbons (Fsp3) is 0.250. The van der Waals surface area contributed by atoms with Gasteiger partial charge in [-0.3, -0.25) is 0 Å². The fourth-order valence-corrected chi connectivity index (χ4v) is 2.38. The molecule has 1 aliphatic heterocycles. The monoisotopic (exact) mass is 183 g/mol. The van der Waals surface area contributed by atoms with Crippen LogP contribution in [0.3, 0.4) is 0 Å². The van der Waals surface area contributed by atoms with Crippen molar-refractivity contribution in [3.8, 4) is 0 Å². The first-order valence-electron chi connectivity index (χ1n) is 3.76. The third-order valence-electron chi connectivity index (χ3n) is 1.79. The lowest BCUT2D eigenvalue weighted by Gasteiger charge is -2.02. The Labute approximate surface area is 71.7 Å². The molecule has 1 aromatic rings. The van der Waals surface area contributed by atoms with Gasteiger partial charge in [0, 0.05) is 13.1 Å². The number of benzene rings is 1. The van der Waals surface area contributed by atoms with E-state index < -0.39 is 10.0 Å². The summed E-state index contributed by atoms with van der Waals surface area (Å²) in [5.74, 6) is 0. The molecule has 0 amide bonds. The lowest BCUT2D eigenvalue weighted by atomic mass is 10.4. The van der Waals surface area contributed by atoms with E-state index in [2.05, 4.69) is 0 Å². The highest BCUT2D eigenvalue weighted by molar-refractivity contribution is 7.89. The van der Waals surface area contributed by atoms with Gasteiger partial charge in [-0.25, -0.2) is 8.42 Å². The van der Waals surface area contributed by atoms with Crippen molar-refractivity contribution in [1.29, 1.82) is 0 Å². The van der Waals surface area contributed by atoms with E-state index in [1.54, 1.807) is 30.3 Å². The molecular weight excluding hydrogens is 174 g/mol. The summed E-state index contributed by atoms with van der Waals surface area (Å²) in [5.41, 5.74) is 0. The highest BCUT2D eigenvalue weighted by atomic mass is 32.2. The SMILES string of the molecule is O=S(=O)(c1ccccc1)N1CC1. The van der Waals surface area contributed by atoms with Gasteiger partial charge in [0.15, 0.2) is 0 Å². The summed E-state index contributed by atoms with van der Waals surface area (Å²) in [6, 6.07) is 8.51. The molecule has 0 aliphatic carbocycles. The molecule has 0 bridgehead atoms. The van der Waals surface area contributed by atoms with E-state index in [0.717, 1.165) is 0 Å². The van der Waals surface area contributed by atoms with Gasteiger partial charge in [-0.1, -0.05) is 18.2 Å². The van der Waals surface area contributed by atoms with Crippen LogP contribution in [0.2, 0.25) is 0 Å². The Balaban J connectivity index is 2.42. The fourth-order valence-electron chi connectivity index (χ4n) is 1.02. The first-order chi connectivity index (χ1) is 5.71. The summed E-state index contributed by atoms with van der Waals surface area (Å²) in [5, 5.41) is 0. The summed E-state index contributed by atoms with van der Waals surface area (Å²) in [6.45, 7) is 1.33. The van der Waals surface area contributed by atoms with E-state index in [-0.39, 0.29) is 0 Å². The summed E-state index contributed by atoms with van der Waals surface area (Å²) in [7, 11) is -3.13. The van der Waals surface area contributed by atoms with Crippen LogP contribution in [0.5, 0.6) is 0 Å². The van der Waals surface area contributed by atoms with Crippen LogP contribution in [-0.2, 0) is 10.0 Å². The standard InChI is InChI=1S/C8H9NO2S/c10-12(11,9-6-7-9)8-4-2-1-3-5-8/h1-5H,6-7H2. The van der Waals surface area contributed by atoms with E-state index >= 15 is 0 Å². The molecular formula is C8H9NO2S. The van der Waals surface area contributed by atoms with Crippen molar-refractivity contribution in [3.05, 3.63) is 30.3 Å². The largest absolute Gasteiger partial charge is 0.243 e. The van der Waals surface area contributed by atoms with Crippen LogP contribution in [-0.4, -0.2) is 25.8 Å². The van der Waals surface area contributed by atoms with Gasteiger partial charge in [-0.15, -0.1) is 0 Å². The predicted octanol–water partition coefficient (Wildman–Crippen LogP) is 0.691. The summed E-state index contributed by atoms with van der Waals surface area (Å²) in [6.07, 6.45) is 0. The minimum atomic E-state index is -3.13. The van der Waals surface area contributed by atoms with Crippen LogP contribution < -0.4 is 0 Å². The second-order valence-corrected chi connectivity index (χ2v) is 4.66. The summed E-state index contributed by atoms with van der Waals surface area (Å²) >= 11 is 0. The Hall–Kier alpha value is -0.870. The lowest BCUT2D eigenvalue weighted by molar-refractivity contribution is 0.563. The number of sulfonamides is 1. The summed E-state index contributed by atoms with van der Waals surface area (Å²) in [4.78, 5) is 0.391. The first kappa shape index (κ1) is 7.76. The number of nitrogens with zero attached hydrogens (tertiary/aromatic N) is 1. The quantitative estimate of drug-likeness (QED) is 0.633. The average Bonchev–Trinajstić information content (AvgIpc) is 2.88. The highest BCUT2D eigenvalue weighted by Gasteiger charge is 2.32. The zero-order valence-electron chi connectivity index (χ0n) is 6.47. The lowest BCUT2D eigenvalue weighted by Crippen LogP contribution is -2.11. The zero-order chi connectivity index (χ0) is 8.60. The molecule has 0 aromatic heterocycles. The van der Waals surface area contributed by atoms with Gasteiger partial charge in [0.25, 0.3) is 0 Å². The maximum atomic E-state index is 11.5. The van der Waals surface area contributed by atoms with Crippen molar-refractivity contribution >= 4 is 10.0 Å². The maximum absolute atomic E-state index is 11.5. The van der Waals surface area contributed by atoms with Crippen molar-refractivity contribution in [2.45, 2.75) is 4.90 Å². The van der Waals surface area contributed by atoms with Gasteiger partial charge >= 0.3 is 0 Å². The summed E-state index contributed by atoms with van der Waals surface area (Å²) < 4.78 is 24.5. The van der Waals surface area contributed by atoms with Crippen LogP contribution in [0.15, 0.2) is 35.2 Å². The van der Waals surface area contributed by atoms with Gasteiger partial charge in [-0.05, 0) is 12.1 Å². The molecule has 1 heterocycles. The third kappa shape index (κ3) is 1.23. The Morgan fingerprint density at radius 2 is 1.67 bits per heavy atom. The molecule has 1 fully saturated rings. The Bertz CT molecular complexity index is 367. The molecule has 2 rings (SSSR count). The van der Waals surface area contributed by atoms with Crippen LogP contribution >= 0.6 is 0 Å². The van der Waals surface area contributed by atoms with Gasteiger partial charge in [0.2, 0.25) is 10.0 Å². The van der Waals surface area contributed by atoms with E-state index in [1.807, 2.05) is 0 Å². The molecule has 1 aromatic carbocycles. The molecule has 1 aliphatic rings. The molecule has 3 nitrogen and oxygen atoms in total. The Kier molecular flexibility index (Phi) is 1.66. The van der Waals surface area contributed by atoms with Crippen molar-refractivity contribution in [1.82, 2.24) is 4.31 Å². The third-order valence-corrected chi connectivity index (χ3v) is 3.70. The van der Waals surface area contributed by atoms with Crippen molar-refractivity contribution in [2.75, 3.05) is 13.1 Å². The second kappa shape index (κ2) is 2.57. The normalized spacial score (nSPS) is 17.7. The predicted molar refractivity (Wildman–Crippen MR) is 45.2 cm³/mol. The molecule has 0 unspecified atom stereocenters. The molecule has 0 spiro atoms. The molecule has 0 saturated carbocycles. The van der Waals surface area contributed by atoms with E-state index in [4.69, 9.17) is 0 Å². The Morgan fingerprint density at radius 3 is 2.17 bits per heavy atom. The van der Waals surface area contributed by atoms with Crippen LogP contribution in [0.1, 0.15) is 0 Å². The van der Waals surface area contributed by atoms with Gasteiger partial charge < -0.3 is 0 Å². The molecule has 1 saturated heterocycles. The van der Waals surface area contributed by atoms with E-state index in [0.29, 0.717) is 18.0 Å². The van der Waals surface area contributed by atoms with Crippen molar-refractivity contribution in [2.24, 2.45) is 0 Å². The van der Waals surface area contributed by atoms with Gasteiger partial charge in [0.05, 0.1) is 4.90 Å². The maximum Gasteiger partial charge on any atom is 0.243 e. The minimum Gasteiger partial charge on any atom is -0.207 e. The number of hydrogen-bond acceptors (Lipinski definition) is 2. The molecule has 0 atom stereocenters. The van der Waals surface area contributed by atoms with Gasteiger partial charge in [-0.2, -0.15) is 4.31 Å². The molecule has 4 heteroatoms. The smallest absolute Gasteiger partial charge is 0.207 e. The number of hydrogen-bond donors (Lipinski definition) is 0. The molecule has 0 N–H and O–H groups in total. The molecule has 64 valence electrons. The topological polar surface area (TPSA) is 37.1 Å². The van der Waals surface area contributed by atoms with Crippen molar-refractivity contribution in [3.63, 3.8) is 0 Å². The van der Waals surface area contributed by atoms with Crippen LogP contribution in [0, 0.1) is 0 Å². The minimum absolute atomic E-state index is 0.391. The highest BCUT2D eigenvalue weighted by Crippen LogP contribution is 2.20. The Morgan fingerprint density at radius 1 is 1.08 bits per heavy atom. The average molecular weight is 183 g/mol. The molecule has 12 heavy (non-hydrogen) atoms. The second-order valence-electron chi connectivity index (χ2n) is 2.72. The van der Waals surface area contributed by atoms with E-state index in [9.17, 15) is 8.42 Å². The van der Waals surface area contributed by atoms with Crippen molar-refractivity contribution < 1.29 is 8.42 Å². The van der Waals surface area contributed by atoms with Gasteiger partial charge in [0.1, 0.15) is 0 Å². The number of rotatable bonds is 2.